The molecular formula is C29H25F2NS. The van der Waals surface area contributed by atoms with E-state index in [1.807, 2.05) is 35.5 Å². The third-order valence-electron chi connectivity index (χ3n) is 5.25. The molecule has 0 fully saturated rings. The largest absolute Gasteiger partial charge is 0.204 e. The van der Waals surface area contributed by atoms with E-state index in [1.54, 1.807) is 6.08 Å². The van der Waals surface area contributed by atoms with Gasteiger partial charge < -0.3 is 0 Å². The minimum absolute atomic E-state index is 0.402. The van der Waals surface area contributed by atoms with E-state index >= 15 is 0 Å². The Balaban J connectivity index is 1.72. The molecule has 0 spiro atoms. The molecule has 0 aliphatic rings. The summed E-state index contributed by atoms with van der Waals surface area (Å²) in [5, 5.41) is 1.99. The monoisotopic (exact) mass is 457 g/mol. The van der Waals surface area contributed by atoms with Crippen LogP contribution in [-0.2, 0) is 0 Å². The number of thiocarbonyl (C=S) groups is 1. The van der Waals surface area contributed by atoms with Crippen molar-refractivity contribution >= 4 is 35.2 Å². The first-order chi connectivity index (χ1) is 16.0. The number of nitrogens with zero attached hydrogens (tertiary/aromatic N) is 1. The van der Waals surface area contributed by atoms with Gasteiger partial charge in [0.1, 0.15) is 5.69 Å². The molecule has 0 atom stereocenters. The lowest BCUT2D eigenvalue weighted by Crippen LogP contribution is -1.86. The molecule has 1 nitrogen and oxygen atoms in total. The third kappa shape index (κ3) is 6.80. The predicted molar refractivity (Wildman–Crippen MR) is 138 cm³/mol. The third-order valence-corrected chi connectivity index (χ3v) is 5.34. The van der Waals surface area contributed by atoms with Crippen LogP contribution in [0.2, 0.25) is 0 Å². The van der Waals surface area contributed by atoms with Gasteiger partial charge in [-0.05, 0) is 77.6 Å². The van der Waals surface area contributed by atoms with E-state index in [0.29, 0.717) is 5.56 Å². The van der Waals surface area contributed by atoms with Crippen molar-refractivity contribution in [2.45, 2.75) is 39.5 Å². The van der Waals surface area contributed by atoms with Crippen molar-refractivity contribution in [3.05, 3.63) is 88.5 Å². The average Bonchev–Trinajstić information content (AvgIpc) is 2.80. The fraction of sp³-hybridized carbons (Fsp3) is 0.207. The summed E-state index contributed by atoms with van der Waals surface area (Å²) in [4.78, 5) is 3.42. The highest BCUT2D eigenvalue weighted by Crippen LogP contribution is 2.26. The molecule has 33 heavy (non-hydrogen) atoms. The van der Waals surface area contributed by atoms with Crippen LogP contribution in [-0.4, -0.2) is 5.16 Å². The smallest absolute Gasteiger partial charge is 0.153 e. The van der Waals surface area contributed by atoms with Crippen LogP contribution in [0.3, 0.4) is 0 Å². The highest BCUT2D eigenvalue weighted by atomic mass is 32.1. The minimum Gasteiger partial charge on any atom is -0.204 e. The van der Waals surface area contributed by atoms with Crippen molar-refractivity contribution in [1.29, 1.82) is 0 Å². The van der Waals surface area contributed by atoms with Crippen molar-refractivity contribution in [3.8, 4) is 23.0 Å². The van der Waals surface area contributed by atoms with Gasteiger partial charge in [0.2, 0.25) is 0 Å². The van der Waals surface area contributed by atoms with E-state index in [4.69, 9.17) is 0 Å². The maximum Gasteiger partial charge on any atom is 0.153 e. The quantitative estimate of drug-likeness (QED) is 0.114. The molecule has 0 saturated heterocycles. The summed E-state index contributed by atoms with van der Waals surface area (Å²) >= 11 is 4.42. The number of hydrogen-bond acceptors (Lipinski definition) is 2. The number of unbranched alkanes of at least 4 members (excludes halogenated alkanes) is 3. The first kappa shape index (κ1) is 24.3. The Hall–Kier alpha value is -3.38. The van der Waals surface area contributed by atoms with Crippen LogP contribution in [0, 0.1) is 30.4 Å². The van der Waals surface area contributed by atoms with Gasteiger partial charge in [-0.3, -0.25) is 0 Å². The zero-order valence-corrected chi connectivity index (χ0v) is 19.6. The molecule has 0 radical (unpaired) electrons. The molecule has 4 heteroatoms. The van der Waals surface area contributed by atoms with E-state index < -0.39 is 17.3 Å². The van der Waals surface area contributed by atoms with Gasteiger partial charge in [0, 0.05) is 12.0 Å². The summed E-state index contributed by atoms with van der Waals surface area (Å²) in [6.07, 6.45) is 7.99. The maximum atomic E-state index is 14.0. The van der Waals surface area contributed by atoms with Gasteiger partial charge in [-0.15, -0.1) is 0 Å². The molecule has 0 amide bonds. The van der Waals surface area contributed by atoms with E-state index in [1.165, 1.54) is 30.5 Å². The zero-order chi connectivity index (χ0) is 23.6. The van der Waals surface area contributed by atoms with Crippen LogP contribution in [0.5, 0.6) is 0 Å². The number of benzene rings is 3. The summed E-state index contributed by atoms with van der Waals surface area (Å²) in [5.74, 6) is 4.97. The van der Waals surface area contributed by atoms with Gasteiger partial charge >= 0.3 is 0 Å². The van der Waals surface area contributed by atoms with Gasteiger partial charge in [-0.2, -0.15) is 4.99 Å². The second-order valence-corrected chi connectivity index (χ2v) is 7.96. The topological polar surface area (TPSA) is 12.4 Å². The highest BCUT2D eigenvalue weighted by Gasteiger charge is 2.09. The van der Waals surface area contributed by atoms with Crippen molar-refractivity contribution in [1.82, 2.24) is 0 Å². The Labute approximate surface area is 199 Å². The molecule has 0 saturated carbocycles. The fourth-order valence-corrected chi connectivity index (χ4v) is 3.58. The second kappa shape index (κ2) is 12.0. The highest BCUT2D eigenvalue weighted by molar-refractivity contribution is 7.78. The normalized spacial score (nSPS) is 10.5. The van der Waals surface area contributed by atoms with Crippen molar-refractivity contribution in [3.63, 3.8) is 0 Å². The van der Waals surface area contributed by atoms with Gasteiger partial charge in [-0.25, -0.2) is 8.78 Å². The van der Waals surface area contributed by atoms with Crippen LogP contribution in [0.15, 0.2) is 59.6 Å². The van der Waals surface area contributed by atoms with E-state index in [9.17, 15) is 8.78 Å². The van der Waals surface area contributed by atoms with Crippen LogP contribution in [0.1, 0.15) is 54.9 Å². The molecule has 0 aliphatic heterocycles. The van der Waals surface area contributed by atoms with Crippen LogP contribution >= 0.6 is 12.2 Å². The number of aryl methyl sites for hydroxylation is 1. The van der Waals surface area contributed by atoms with E-state index in [0.717, 1.165) is 35.1 Å². The van der Waals surface area contributed by atoms with Gasteiger partial charge in [-0.1, -0.05) is 74.1 Å². The number of isothiocyanates is 1. The van der Waals surface area contributed by atoms with Gasteiger partial charge in [0.05, 0.1) is 5.16 Å². The molecule has 0 heterocycles. The summed E-state index contributed by atoms with van der Waals surface area (Å²) < 4.78 is 28.0. The molecule has 3 rings (SSSR count). The molecule has 0 unspecified atom stereocenters. The lowest BCUT2D eigenvalue weighted by atomic mass is 9.97. The van der Waals surface area contributed by atoms with E-state index in [2.05, 4.69) is 61.1 Å². The number of hydrogen-bond donors (Lipinski definition) is 0. The average molecular weight is 458 g/mol. The second-order valence-electron chi connectivity index (χ2n) is 7.78. The number of rotatable bonds is 7. The van der Waals surface area contributed by atoms with Crippen molar-refractivity contribution in [2.24, 2.45) is 4.99 Å². The summed E-state index contributed by atoms with van der Waals surface area (Å²) in [5.41, 5.74) is 5.37. The summed E-state index contributed by atoms with van der Waals surface area (Å²) in [7, 11) is 0. The molecule has 0 N–H and O–H groups in total. The fourth-order valence-electron chi connectivity index (χ4n) is 3.49. The molecule has 0 aromatic heterocycles. The lowest BCUT2D eigenvalue weighted by molar-refractivity contribution is 0.587. The number of aliphatic imine (C=N–C) groups is 1. The Morgan fingerprint density at radius 2 is 1.61 bits per heavy atom. The summed E-state index contributed by atoms with van der Waals surface area (Å²) in [6, 6.07) is 16.8. The molecule has 166 valence electrons. The Morgan fingerprint density at radius 3 is 2.24 bits per heavy atom. The van der Waals surface area contributed by atoms with Crippen LogP contribution < -0.4 is 0 Å². The molecule has 3 aromatic rings. The summed E-state index contributed by atoms with van der Waals surface area (Å²) in [6.45, 7) is 4.28. The lowest BCUT2D eigenvalue weighted by Gasteiger charge is -2.07. The Morgan fingerprint density at radius 1 is 0.909 bits per heavy atom. The molecule has 3 aromatic carbocycles. The minimum atomic E-state index is -0.771. The van der Waals surface area contributed by atoms with Gasteiger partial charge in [0.25, 0.3) is 0 Å². The Bertz CT molecular complexity index is 1230. The Kier molecular flexibility index (Phi) is 8.84. The van der Waals surface area contributed by atoms with Crippen LogP contribution in [0.25, 0.3) is 23.3 Å². The van der Waals surface area contributed by atoms with Gasteiger partial charge in [0.15, 0.2) is 11.6 Å². The zero-order valence-electron chi connectivity index (χ0n) is 18.8. The first-order valence-electron chi connectivity index (χ1n) is 11.0. The number of halogens is 2. The molecule has 0 bridgehead atoms. The SMILES string of the molecule is CCCCCC#Cc1ccc(-c2ccc(/C=C/c3cc(F)c(N=C=S)c(F)c3)cc2)c(C)c1. The molecule has 0 aliphatic carbocycles. The first-order valence-corrected chi connectivity index (χ1v) is 11.4. The van der Waals surface area contributed by atoms with E-state index in [-0.39, 0.29) is 0 Å². The maximum absolute atomic E-state index is 14.0. The van der Waals surface area contributed by atoms with Crippen LogP contribution in [0.4, 0.5) is 14.5 Å². The van der Waals surface area contributed by atoms with Crippen molar-refractivity contribution < 1.29 is 8.78 Å². The predicted octanol–water partition coefficient (Wildman–Crippen LogP) is 8.78. The molecular weight excluding hydrogens is 432 g/mol. The standard InChI is InChI=1S/C29H25F2NS/c1-3-4-5-6-7-8-23-13-16-26(21(2)17-23)25-14-11-22(12-15-25)9-10-24-18-27(30)29(32-20-33)28(31)19-24/h9-19H,3-6H2,1-2H3/b10-9+. The van der Waals surface area contributed by atoms with Crippen molar-refractivity contribution in [2.75, 3.05) is 0 Å².